The van der Waals surface area contributed by atoms with Crippen molar-refractivity contribution < 1.29 is 14.6 Å². The van der Waals surface area contributed by atoms with Crippen molar-refractivity contribution in [3.05, 3.63) is 0 Å². The molecule has 1 heterocycles. The van der Waals surface area contributed by atoms with Crippen LogP contribution in [0.1, 0.15) is 19.3 Å². The molecule has 0 saturated carbocycles. The Kier molecular flexibility index (Phi) is 3.12. The molecule has 10 heavy (non-hydrogen) atoms. The summed E-state index contributed by atoms with van der Waals surface area (Å²) in [5.74, 6) is 0. The van der Waals surface area contributed by atoms with E-state index in [-0.39, 0.29) is 19.0 Å². The van der Waals surface area contributed by atoms with Gasteiger partial charge in [-0.2, -0.15) is 0 Å². The van der Waals surface area contributed by atoms with Gasteiger partial charge in [-0.1, -0.05) is 0 Å². The van der Waals surface area contributed by atoms with Crippen LogP contribution in [0.2, 0.25) is 0 Å². The van der Waals surface area contributed by atoms with Crippen molar-refractivity contribution in [1.29, 1.82) is 0 Å². The van der Waals surface area contributed by atoms with Gasteiger partial charge in [-0.15, -0.1) is 0 Å². The molecule has 0 unspecified atom stereocenters. The highest BCUT2D eigenvalue weighted by molar-refractivity contribution is 4.64. The summed E-state index contributed by atoms with van der Waals surface area (Å²) in [5.41, 5.74) is 0. The minimum absolute atomic E-state index is 0.00120. The summed E-state index contributed by atoms with van der Waals surface area (Å²) >= 11 is 0. The Balaban J connectivity index is 2.25. The Bertz CT molecular complexity index is 84.9. The number of ether oxygens (including phenoxy) is 2. The predicted molar refractivity (Wildman–Crippen MR) is 36.6 cm³/mol. The first kappa shape index (κ1) is 7.98. The third kappa shape index (κ3) is 1.94. The fourth-order valence-electron chi connectivity index (χ4n) is 1.17. The summed E-state index contributed by atoms with van der Waals surface area (Å²) in [6.45, 7) is 0.111. The van der Waals surface area contributed by atoms with Gasteiger partial charge in [0.1, 0.15) is 0 Å². The van der Waals surface area contributed by atoms with Gasteiger partial charge in [0.2, 0.25) is 0 Å². The third-order valence-electron chi connectivity index (χ3n) is 1.78. The second-order valence-corrected chi connectivity index (χ2v) is 2.54. The molecule has 0 radical (unpaired) electrons. The summed E-state index contributed by atoms with van der Waals surface area (Å²) in [5, 5.41) is 8.72. The van der Waals surface area contributed by atoms with Gasteiger partial charge in [-0.25, -0.2) is 0 Å². The van der Waals surface area contributed by atoms with Crippen LogP contribution in [-0.4, -0.2) is 31.2 Å². The molecule has 0 aromatic heterocycles. The van der Waals surface area contributed by atoms with E-state index >= 15 is 0 Å². The van der Waals surface area contributed by atoms with Crippen LogP contribution in [0.25, 0.3) is 0 Å². The monoisotopic (exact) mass is 146 g/mol. The molecule has 60 valence electrons. The van der Waals surface area contributed by atoms with Crippen LogP contribution in [0.3, 0.4) is 0 Å². The number of methoxy groups -OCH3 is 1. The predicted octanol–water partition coefficient (Wildman–Crippen LogP) is 0.520. The maximum absolute atomic E-state index is 8.72. The van der Waals surface area contributed by atoms with Crippen LogP contribution < -0.4 is 0 Å². The topological polar surface area (TPSA) is 38.7 Å². The third-order valence-corrected chi connectivity index (χ3v) is 1.78. The van der Waals surface area contributed by atoms with E-state index in [4.69, 9.17) is 14.6 Å². The minimum Gasteiger partial charge on any atom is -0.394 e. The van der Waals surface area contributed by atoms with Crippen LogP contribution in [0.5, 0.6) is 0 Å². The van der Waals surface area contributed by atoms with E-state index in [1.165, 1.54) is 0 Å². The van der Waals surface area contributed by atoms with Crippen molar-refractivity contribution in [3.63, 3.8) is 0 Å². The zero-order valence-corrected chi connectivity index (χ0v) is 6.25. The van der Waals surface area contributed by atoms with Gasteiger partial charge in [-0.05, 0) is 19.3 Å². The normalized spacial score (nSPS) is 34.2. The summed E-state index contributed by atoms with van der Waals surface area (Å²) in [4.78, 5) is 0. The molecule has 1 aliphatic heterocycles. The Labute approximate surface area is 60.9 Å². The molecule has 0 aliphatic carbocycles. The van der Waals surface area contributed by atoms with E-state index in [9.17, 15) is 0 Å². The minimum atomic E-state index is -0.0918. The number of hydrogen-bond donors (Lipinski definition) is 1. The SMILES string of the molecule is CO[C@@H]1CCC[C@H](CO)O1. The van der Waals surface area contributed by atoms with E-state index in [1.54, 1.807) is 7.11 Å². The number of aliphatic hydroxyl groups excluding tert-OH is 1. The van der Waals surface area contributed by atoms with Crippen molar-refractivity contribution in [2.75, 3.05) is 13.7 Å². The smallest absolute Gasteiger partial charge is 0.157 e. The Hall–Kier alpha value is -0.120. The van der Waals surface area contributed by atoms with Crippen LogP contribution in [-0.2, 0) is 9.47 Å². The van der Waals surface area contributed by atoms with E-state index < -0.39 is 0 Å². The van der Waals surface area contributed by atoms with Gasteiger partial charge in [0, 0.05) is 7.11 Å². The molecule has 0 bridgehead atoms. The van der Waals surface area contributed by atoms with Gasteiger partial charge >= 0.3 is 0 Å². The first-order chi connectivity index (χ1) is 4.86. The molecule has 1 N–H and O–H groups in total. The molecular weight excluding hydrogens is 132 g/mol. The lowest BCUT2D eigenvalue weighted by Gasteiger charge is -2.27. The van der Waals surface area contributed by atoms with Crippen LogP contribution in [0.15, 0.2) is 0 Å². The van der Waals surface area contributed by atoms with Crippen molar-refractivity contribution in [2.24, 2.45) is 0 Å². The van der Waals surface area contributed by atoms with Gasteiger partial charge < -0.3 is 14.6 Å². The molecule has 0 spiro atoms. The molecule has 0 amide bonds. The van der Waals surface area contributed by atoms with E-state index in [1.807, 2.05) is 0 Å². The summed E-state index contributed by atoms with van der Waals surface area (Å²) in [7, 11) is 1.63. The Morgan fingerprint density at radius 1 is 1.60 bits per heavy atom. The fraction of sp³-hybridized carbons (Fsp3) is 1.00. The van der Waals surface area contributed by atoms with Gasteiger partial charge in [0.15, 0.2) is 6.29 Å². The first-order valence-corrected chi connectivity index (χ1v) is 3.66. The van der Waals surface area contributed by atoms with Crippen molar-refractivity contribution >= 4 is 0 Å². The molecule has 3 heteroatoms. The lowest BCUT2D eigenvalue weighted by atomic mass is 10.1. The summed E-state index contributed by atoms with van der Waals surface area (Å²) in [6.07, 6.45) is 2.90. The standard InChI is InChI=1S/C7H14O3/c1-9-7-4-2-3-6(5-8)10-7/h6-8H,2-5H2,1H3/t6-,7+/m1/s1. The molecule has 1 fully saturated rings. The zero-order chi connectivity index (χ0) is 7.40. The average Bonchev–Trinajstić information content (AvgIpc) is 2.05. The Morgan fingerprint density at radius 2 is 2.40 bits per heavy atom. The largest absolute Gasteiger partial charge is 0.394 e. The highest BCUT2D eigenvalue weighted by atomic mass is 16.7. The van der Waals surface area contributed by atoms with Crippen molar-refractivity contribution in [1.82, 2.24) is 0 Å². The fourth-order valence-corrected chi connectivity index (χ4v) is 1.17. The van der Waals surface area contributed by atoms with Crippen molar-refractivity contribution in [2.45, 2.75) is 31.7 Å². The molecular formula is C7H14O3. The van der Waals surface area contributed by atoms with Gasteiger partial charge in [-0.3, -0.25) is 0 Å². The molecule has 1 aliphatic rings. The average molecular weight is 146 g/mol. The summed E-state index contributed by atoms with van der Waals surface area (Å²) < 4.78 is 10.3. The zero-order valence-electron chi connectivity index (χ0n) is 6.25. The molecule has 2 atom stereocenters. The number of rotatable bonds is 2. The van der Waals surface area contributed by atoms with Crippen molar-refractivity contribution in [3.8, 4) is 0 Å². The van der Waals surface area contributed by atoms with Crippen LogP contribution in [0, 0.1) is 0 Å². The summed E-state index contributed by atoms with van der Waals surface area (Å²) in [6, 6.07) is 0. The maximum Gasteiger partial charge on any atom is 0.157 e. The molecule has 1 saturated heterocycles. The molecule has 0 aromatic rings. The number of aliphatic hydroxyl groups is 1. The van der Waals surface area contributed by atoms with E-state index in [2.05, 4.69) is 0 Å². The highest BCUT2D eigenvalue weighted by Crippen LogP contribution is 2.18. The lowest BCUT2D eigenvalue weighted by molar-refractivity contribution is -0.187. The Morgan fingerprint density at radius 3 is 3.00 bits per heavy atom. The lowest BCUT2D eigenvalue weighted by Crippen LogP contribution is -2.31. The van der Waals surface area contributed by atoms with Gasteiger partial charge in [0.05, 0.1) is 12.7 Å². The van der Waals surface area contributed by atoms with Crippen LogP contribution in [0.4, 0.5) is 0 Å². The van der Waals surface area contributed by atoms with Crippen LogP contribution >= 0.6 is 0 Å². The second kappa shape index (κ2) is 3.91. The van der Waals surface area contributed by atoms with E-state index in [0.717, 1.165) is 19.3 Å². The second-order valence-electron chi connectivity index (χ2n) is 2.54. The quantitative estimate of drug-likeness (QED) is 0.617. The van der Waals surface area contributed by atoms with Gasteiger partial charge in [0.25, 0.3) is 0 Å². The van der Waals surface area contributed by atoms with E-state index in [0.29, 0.717) is 0 Å². The first-order valence-electron chi connectivity index (χ1n) is 3.66. The maximum atomic E-state index is 8.72. The highest BCUT2D eigenvalue weighted by Gasteiger charge is 2.20. The molecule has 0 aromatic carbocycles. The molecule has 1 rings (SSSR count). The molecule has 3 nitrogen and oxygen atoms in total. The number of hydrogen-bond acceptors (Lipinski definition) is 3.